The van der Waals surface area contributed by atoms with E-state index in [4.69, 9.17) is 0 Å². The molecule has 0 aliphatic carbocycles. The van der Waals surface area contributed by atoms with E-state index in [2.05, 4.69) is 4.72 Å². The zero-order valence-corrected chi connectivity index (χ0v) is 13.0. The van der Waals surface area contributed by atoms with Crippen molar-refractivity contribution in [2.45, 2.75) is 25.7 Å². The van der Waals surface area contributed by atoms with Crippen LogP contribution in [0.1, 0.15) is 28.4 Å². The number of carbonyl (C=O) groups is 1. The number of sulfonamides is 1. The fourth-order valence-corrected chi connectivity index (χ4v) is 3.37. The quantitative estimate of drug-likeness (QED) is 0.881. The summed E-state index contributed by atoms with van der Waals surface area (Å²) < 4.78 is 27.4. The molecule has 1 N–H and O–H groups in total. The molecule has 0 aliphatic rings. The highest BCUT2D eigenvalue weighted by atomic mass is 32.2. The number of Topliss-reactive ketones (excluding diaryl/α,β-unsaturated/α-hetero) is 1. The molecule has 21 heavy (non-hydrogen) atoms. The zero-order valence-electron chi connectivity index (χ0n) is 12.2. The number of rotatable bonds is 4. The Hall–Kier alpha value is -2.14. The van der Waals surface area contributed by atoms with Crippen LogP contribution in [-0.2, 0) is 10.0 Å². The molecule has 0 aromatic heterocycles. The van der Waals surface area contributed by atoms with Crippen LogP contribution in [-0.4, -0.2) is 14.2 Å². The largest absolute Gasteiger partial charge is 0.295 e. The molecule has 0 radical (unpaired) electrons. The van der Waals surface area contributed by atoms with Gasteiger partial charge >= 0.3 is 0 Å². The first-order chi connectivity index (χ1) is 9.79. The Labute approximate surface area is 124 Å². The second-order valence-corrected chi connectivity index (χ2v) is 6.66. The maximum Gasteiger partial charge on any atom is 0.262 e. The molecule has 4 nitrogen and oxygen atoms in total. The summed E-state index contributed by atoms with van der Waals surface area (Å²) in [5.41, 5.74) is 2.55. The number of carbonyl (C=O) groups excluding carboxylic acids is 1. The first-order valence-electron chi connectivity index (χ1n) is 6.51. The lowest BCUT2D eigenvalue weighted by atomic mass is 10.1. The van der Waals surface area contributed by atoms with Gasteiger partial charge in [-0.2, -0.15) is 0 Å². The highest BCUT2D eigenvalue weighted by molar-refractivity contribution is 7.92. The fourth-order valence-electron chi connectivity index (χ4n) is 1.98. The lowest BCUT2D eigenvalue weighted by Gasteiger charge is -2.11. The number of aryl methyl sites for hydroxylation is 2. The van der Waals surface area contributed by atoms with Crippen molar-refractivity contribution < 1.29 is 13.2 Å². The van der Waals surface area contributed by atoms with Gasteiger partial charge in [-0.25, -0.2) is 8.42 Å². The first kappa shape index (κ1) is 15.3. The predicted octanol–water partition coefficient (Wildman–Crippen LogP) is 3.31. The zero-order chi connectivity index (χ0) is 15.6. The SMILES string of the molecule is CC(=O)c1ccc(NS(=O)(=O)c2cc(C)ccc2C)cc1. The van der Waals surface area contributed by atoms with Gasteiger partial charge in [-0.15, -0.1) is 0 Å². The molecule has 0 bridgehead atoms. The highest BCUT2D eigenvalue weighted by Gasteiger charge is 2.17. The second kappa shape index (κ2) is 5.69. The topological polar surface area (TPSA) is 63.2 Å². The van der Waals surface area contributed by atoms with Crippen LogP contribution in [0.25, 0.3) is 0 Å². The van der Waals surface area contributed by atoms with Gasteiger partial charge in [0, 0.05) is 11.3 Å². The van der Waals surface area contributed by atoms with Crippen molar-refractivity contribution in [1.82, 2.24) is 0 Å². The highest BCUT2D eigenvalue weighted by Crippen LogP contribution is 2.21. The standard InChI is InChI=1S/C16H17NO3S/c1-11-4-5-12(2)16(10-11)21(19,20)17-15-8-6-14(7-9-15)13(3)18/h4-10,17H,1-3H3. The van der Waals surface area contributed by atoms with Crippen molar-refractivity contribution in [3.63, 3.8) is 0 Å². The van der Waals surface area contributed by atoms with Crippen molar-refractivity contribution >= 4 is 21.5 Å². The van der Waals surface area contributed by atoms with E-state index >= 15 is 0 Å². The third-order valence-corrected chi connectivity index (χ3v) is 4.70. The molecule has 0 saturated carbocycles. The third-order valence-electron chi connectivity index (χ3n) is 3.18. The maximum absolute atomic E-state index is 12.4. The van der Waals surface area contributed by atoms with Crippen molar-refractivity contribution in [3.8, 4) is 0 Å². The lowest BCUT2D eigenvalue weighted by Crippen LogP contribution is -2.14. The number of ketones is 1. The van der Waals surface area contributed by atoms with Crippen LogP contribution in [0.4, 0.5) is 5.69 Å². The van der Waals surface area contributed by atoms with Crippen molar-refractivity contribution in [2.75, 3.05) is 4.72 Å². The average Bonchev–Trinajstić information content (AvgIpc) is 2.41. The molecule has 0 heterocycles. The smallest absolute Gasteiger partial charge is 0.262 e. The number of hydrogen-bond acceptors (Lipinski definition) is 3. The molecule has 0 atom stereocenters. The van der Waals surface area contributed by atoms with E-state index in [1.54, 1.807) is 43.3 Å². The van der Waals surface area contributed by atoms with Crippen LogP contribution in [0.2, 0.25) is 0 Å². The second-order valence-electron chi connectivity index (χ2n) is 5.01. The molecule has 0 amide bonds. The van der Waals surface area contributed by atoms with Crippen LogP contribution in [0.5, 0.6) is 0 Å². The normalized spacial score (nSPS) is 11.2. The minimum Gasteiger partial charge on any atom is -0.295 e. The molecule has 2 aromatic carbocycles. The Morgan fingerprint density at radius 2 is 1.62 bits per heavy atom. The Balaban J connectivity index is 2.33. The van der Waals surface area contributed by atoms with Crippen LogP contribution >= 0.6 is 0 Å². The molecule has 0 saturated heterocycles. The lowest BCUT2D eigenvalue weighted by molar-refractivity contribution is 0.101. The summed E-state index contributed by atoms with van der Waals surface area (Å²) in [7, 11) is -3.63. The number of hydrogen-bond donors (Lipinski definition) is 1. The van der Waals surface area contributed by atoms with Gasteiger partial charge in [-0.05, 0) is 62.2 Å². The van der Waals surface area contributed by atoms with Crippen molar-refractivity contribution in [3.05, 3.63) is 59.2 Å². The van der Waals surface area contributed by atoms with E-state index in [0.29, 0.717) is 16.8 Å². The Bertz CT molecular complexity index is 778. The van der Waals surface area contributed by atoms with Crippen LogP contribution in [0.3, 0.4) is 0 Å². The molecular formula is C16H17NO3S. The van der Waals surface area contributed by atoms with Crippen molar-refractivity contribution in [2.24, 2.45) is 0 Å². The van der Waals surface area contributed by atoms with E-state index in [1.165, 1.54) is 6.92 Å². The number of nitrogens with one attached hydrogen (secondary N) is 1. The summed E-state index contributed by atoms with van der Waals surface area (Å²) in [5, 5.41) is 0. The van der Waals surface area contributed by atoms with Gasteiger partial charge in [-0.1, -0.05) is 12.1 Å². The van der Waals surface area contributed by atoms with E-state index < -0.39 is 10.0 Å². The summed E-state index contributed by atoms with van der Waals surface area (Å²) in [5.74, 6) is -0.0565. The third kappa shape index (κ3) is 3.49. The fraction of sp³-hybridized carbons (Fsp3) is 0.188. The van der Waals surface area contributed by atoms with Gasteiger partial charge in [0.25, 0.3) is 10.0 Å². The van der Waals surface area contributed by atoms with Gasteiger partial charge in [0.1, 0.15) is 0 Å². The van der Waals surface area contributed by atoms with Gasteiger partial charge in [-0.3, -0.25) is 9.52 Å². The van der Waals surface area contributed by atoms with E-state index in [-0.39, 0.29) is 10.7 Å². The predicted molar refractivity (Wildman–Crippen MR) is 83.2 cm³/mol. The number of anilines is 1. The van der Waals surface area contributed by atoms with E-state index in [1.807, 2.05) is 13.0 Å². The molecule has 0 aliphatic heterocycles. The van der Waals surface area contributed by atoms with E-state index in [9.17, 15) is 13.2 Å². The molecular weight excluding hydrogens is 286 g/mol. The summed E-state index contributed by atoms with van der Waals surface area (Å²) in [6.07, 6.45) is 0. The van der Waals surface area contributed by atoms with E-state index in [0.717, 1.165) is 5.56 Å². The Morgan fingerprint density at radius 3 is 2.19 bits per heavy atom. The Kier molecular flexibility index (Phi) is 4.14. The summed E-state index contributed by atoms with van der Waals surface area (Å²) >= 11 is 0. The Morgan fingerprint density at radius 1 is 1.00 bits per heavy atom. The van der Waals surface area contributed by atoms with Crippen LogP contribution < -0.4 is 4.72 Å². The molecule has 0 fully saturated rings. The molecule has 0 spiro atoms. The molecule has 2 rings (SSSR count). The number of benzene rings is 2. The average molecular weight is 303 g/mol. The molecule has 2 aromatic rings. The molecule has 110 valence electrons. The molecule has 0 unspecified atom stereocenters. The van der Waals surface area contributed by atoms with Gasteiger partial charge in [0.05, 0.1) is 4.90 Å². The maximum atomic E-state index is 12.4. The van der Waals surface area contributed by atoms with Gasteiger partial charge in [0.15, 0.2) is 5.78 Å². The van der Waals surface area contributed by atoms with Crippen LogP contribution in [0.15, 0.2) is 47.4 Å². The minimum absolute atomic E-state index is 0.0565. The van der Waals surface area contributed by atoms with Gasteiger partial charge < -0.3 is 0 Å². The summed E-state index contributed by atoms with van der Waals surface area (Å²) in [4.78, 5) is 11.5. The van der Waals surface area contributed by atoms with Gasteiger partial charge in [0.2, 0.25) is 0 Å². The summed E-state index contributed by atoms with van der Waals surface area (Å²) in [6.45, 7) is 5.07. The minimum atomic E-state index is -3.63. The first-order valence-corrected chi connectivity index (χ1v) is 7.99. The monoisotopic (exact) mass is 303 g/mol. The van der Waals surface area contributed by atoms with Crippen LogP contribution in [0, 0.1) is 13.8 Å². The molecule has 5 heteroatoms. The van der Waals surface area contributed by atoms with Crippen molar-refractivity contribution in [1.29, 1.82) is 0 Å². The summed E-state index contributed by atoms with van der Waals surface area (Å²) in [6, 6.07) is 11.7.